The molecule has 0 saturated carbocycles. The Bertz CT molecular complexity index is 1620. The molecule has 0 unspecified atom stereocenters. The maximum absolute atomic E-state index is 13.2. The quantitative estimate of drug-likeness (QED) is 0.147. The second-order valence-corrected chi connectivity index (χ2v) is 8.48. The Morgan fingerprint density at radius 2 is 1.39 bits per heavy atom. The van der Waals surface area contributed by atoms with E-state index in [4.69, 9.17) is 6.42 Å². The molecule has 3 heterocycles. The van der Waals surface area contributed by atoms with Crippen molar-refractivity contribution < 1.29 is 28.9 Å². The minimum Gasteiger partial charge on any atom is -0.366 e. The summed E-state index contributed by atoms with van der Waals surface area (Å²) in [6.45, 7) is 4.13. The van der Waals surface area contributed by atoms with Crippen LogP contribution in [0.25, 0.3) is 22.6 Å². The Morgan fingerprint density at radius 1 is 0.780 bits per heavy atom. The Kier molecular flexibility index (Phi) is 11.4. The summed E-state index contributed by atoms with van der Waals surface area (Å²) in [6, 6.07) is 28.2. The predicted octanol–water partition coefficient (Wildman–Crippen LogP) is 6.92. The summed E-state index contributed by atoms with van der Waals surface area (Å²) in [5, 5.41) is 8.51. The molecule has 41 heavy (non-hydrogen) atoms. The largest absolute Gasteiger partial charge is 3.00 e. The Balaban J connectivity index is 0.000000179. The molecular formula is C33H24F2IrN5. The Labute approximate surface area is 251 Å². The van der Waals surface area contributed by atoms with E-state index in [9.17, 15) is 8.78 Å². The van der Waals surface area contributed by atoms with Crippen molar-refractivity contribution in [3.05, 3.63) is 157 Å². The van der Waals surface area contributed by atoms with Crippen molar-refractivity contribution >= 4 is 0 Å². The van der Waals surface area contributed by atoms with Crippen LogP contribution in [-0.2, 0) is 20.1 Å². The first kappa shape index (κ1) is 30.8. The van der Waals surface area contributed by atoms with Gasteiger partial charge in [0.1, 0.15) is 0 Å². The van der Waals surface area contributed by atoms with E-state index in [1.807, 2.05) is 64.2 Å². The molecule has 0 aliphatic rings. The van der Waals surface area contributed by atoms with Crippen molar-refractivity contribution in [1.82, 2.24) is 24.5 Å². The Morgan fingerprint density at radius 3 is 1.85 bits per heavy atom. The van der Waals surface area contributed by atoms with Crippen molar-refractivity contribution in [2.45, 2.75) is 13.8 Å². The van der Waals surface area contributed by atoms with Crippen LogP contribution in [0.3, 0.4) is 0 Å². The van der Waals surface area contributed by atoms with Crippen LogP contribution in [0.2, 0.25) is 0 Å². The average molecular weight is 721 g/mol. The normalized spacial score (nSPS) is 9.73. The monoisotopic (exact) mass is 721 g/mol. The van der Waals surface area contributed by atoms with Gasteiger partial charge in [-0.2, -0.15) is 16.3 Å². The number of aryl methyl sites for hydroxylation is 2. The fraction of sp³-hybridized carbons (Fsp3) is 0.0606. The number of pyridine rings is 1. The third-order valence-corrected chi connectivity index (χ3v) is 5.58. The molecule has 0 amide bonds. The van der Waals surface area contributed by atoms with E-state index in [0.29, 0.717) is 5.69 Å². The van der Waals surface area contributed by atoms with Crippen molar-refractivity contribution in [1.29, 1.82) is 0 Å². The van der Waals surface area contributed by atoms with Crippen LogP contribution < -0.4 is 0 Å². The first-order valence-corrected chi connectivity index (χ1v) is 12.3. The smallest absolute Gasteiger partial charge is 0.366 e. The molecule has 5 nitrogen and oxygen atoms in total. The summed E-state index contributed by atoms with van der Waals surface area (Å²) < 4.78 is 29.4. The van der Waals surface area contributed by atoms with Gasteiger partial charge in [0.05, 0.1) is 0 Å². The zero-order valence-corrected chi connectivity index (χ0v) is 24.6. The summed E-state index contributed by atoms with van der Waals surface area (Å²) in [4.78, 5) is 3.95. The van der Waals surface area contributed by atoms with Crippen LogP contribution in [0.15, 0.2) is 110 Å². The van der Waals surface area contributed by atoms with Gasteiger partial charge in [0, 0.05) is 42.6 Å². The number of rotatable bonds is 3. The zero-order chi connectivity index (χ0) is 28.3. The minimum atomic E-state index is -0.649. The van der Waals surface area contributed by atoms with E-state index < -0.39 is 11.6 Å². The molecule has 8 heteroatoms. The second-order valence-electron chi connectivity index (χ2n) is 8.48. The number of hydrogen-bond acceptors (Lipinski definition) is 3. The van der Waals surface area contributed by atoms with Gasteiger partial charge in [-0.1, -0.05) is 55.8 Å². The van der Waals surface area contributed by atoms with Gasteiger partial charge in [0.2, 0.25) is 0 Å². The molecule has 0 N–H and O–H groups in total. The van der Waals surface area contributed by atoms with Gasteiger partial charge in [-0.25, -0.2) is 0 Å². The van der Waals surface area contributed by atoms with Crippen LogP contribution in [-0.4, -0.2) is 24.5 Å². The molecule has 0 bridgehead atoms. The minimum absolute atomic E-state index is 0. The maximum atomic E-state index is 13.2. The predicted molar refractivity (Wildman–Crippen MR) is 150 cm³/mol. The van der Waals surface area contributed by atoms with Gasteiger partial charge in [0.15, 0.2) is 0 Å². The van der Waals surface area contributed by atoms with Crippen molar-refractivity contribution in [2.75, 3.05) is 0 Å². The van der Waals surface area contributed by atoms with Gasteiger partial charge in [-0.3, -0.25) is 24.1 Å². The third-order valence-electron chi connectivity index (χ3n) is 5.58. The maximum Gasteiger partial charge on any atom is 3.00 e. The van der Waals surface area contributed by atoms with E-state index >= 15 is 0 Å². The van der Waals surface area contributed by atoms with Crippen LogP contribution in [0.4, 0.5) is 8.78 Å². The number of halogens is 2. The average Bonchev–Trinajstić information content (AvgIpc) is 3.70. The van der Waals surface area contributed by atoms with E-state index in [2.05, 4.69) is 53.1 Å². The molecule has 204 valence electrons. The fourth-order valence-electron chi connectivity index (χ4n) is 3.72. The summed E-state index contributed by atoms with van der Waals surface area (Å²) in [5.41, 5.74) is 5.66. The third kappa shape index (κ3) is 8.39. The summed E-state index contributed by atoms with van der Waals surface area (Å²) >= 11 is 0. The van der Waals surface area contributed by atoms with Gasteiger partial charge < -0.3 is 11.4 Å². The van der Waals surface area contributed by atoms with Crippen LogP contribution in [0.5, 0.6) is 0 Å². The van der Waals surface area contributed by atoms with Gasteiger partial charge in [0.25, 0.3) is 0 Å². The van der Waals surface area contributed by atoms with Gasteiger partial charge >= 0.3 is 20.1 Å². The molecule has 0 fully saturated rings. The molecule has 0 spiro atoms. The first-order chi connectivity index (χ1) is 19.5. The second kappa shape index (κ2) is 15.2. The topological polar surface area (TPSA) is 48.5 Å². The summed E-state index contributed by atoms with van der Waals surface area (Å²) in [6.07, 6.45) is 15.6. The molecule has 3 aromatic heterocycles. The molecule has 0 aliphatic carbocycles. The first-order valence-electron chi connectivity index (χ1n) is 12.3. The SMILES string of the molecule is Cc1cc(C)c(-n2cccn2)[c-]c1-n1cccn1.Fc1c[c-]c(-c2ccccn2)c(F)c1.[C-]#Cc1ccccc1.[Ir+3]. The van der Waals surface area contributed by atoms with Crippen LogP contribution in [0, 0.1) is 50.0 Å². The molecule has 3 aromatic carbocycles. The van der Waals surface area contributed by atoms with E-state index in [-0.39, 0.29) is 25.7 Å². The van der Waals surface area contributed by atoms with Crippen molar-refractivity contribution in [3.8, 4) is 28.6 Å². The standard InChI is InChI=1S/C14H13N4.C11H6F2N.C8H5.Ir/c1-11-9-12(2)14(18-8-4-6-16-18)10-13(11)17-7-3-5-15-17;12-8-4-5-9(10(13)7-8)11-3-1-2-6-14-11;1-2-8-6-4-3-5-7-8;/h3-9H,1-2H3;1-4,6-7H;3-7H;/q3*-1;+3. The molecule has 0 radical (unpaired) electrons. The van der Waals surface area contributed by atoms with E-state index in [0.717, 1.165) is 40.2 Å². The molecule has 0 aliphatic heterocycles. The molecule has 0 atom stereocenters. The van der Waals surface area contributed by atoms with E-state index in [1.54, 1.807) is 36.8 Å². The van der Waals surface area contributed by atoms with Crippen molar-refractivity contribution in [3.63, 3.8) is 0 Å². The van der Waals surface area contributed by atoms with Gasteiger partial charge in [-0.15, -0.1) is 47.0 Å². The zero-order valence-electron chi connectivity index (χ0n) is 22.2. The molecule has 0 saturated heterocycles. The molecule has 6 rings (SSSR count). The Hall–Kier alpha value is -4.70. The van der Waals surface area contributed by atoms with Crippen LogP contribution >= 0.6 is 0 Å². The van der Waals surface area contributed by atoms with Crippen LogP contribution in [0.1, 0.15) is 16.7 Å². The number of aromatic nitrogens is 5. The van der Waals surface area contributed by atoms with Gasteiger partial charge in [-0.05, 0) is 35.3 Å². The molecular weight excluding hydrogens is 697 g/mol. The summed E-state index contributed by atoms with van der Waals surface area (Å²) in [7, 11) is 0. The van der Waals surface area contributed by atoms with Crippen molar-refractivity contribution in [2.24, 2.45) is 0 Å². The number of nitrogens with zero attached hydrogens (tertiary/aromatic N) is 5. The number of hydrogen-bond donors (Lipinski definition) is 0. The fourth-order valence-corrected chi connectivity index (χ4v) is 3.72. The summed E-state index contributed by atoms with van der Waals surface area (Å²) in [5.74, 6) is 0.991. The number of benzene rings is 3. The molecule has 6 aromatic rings. The van der Waals surface area contributed by atoms with E-state index in [1.165, 1.54) is 0 Å².